The van der Waals surface area contributed by atoms with Gasteiger partial charge in [-0.25, -0.2) is 8.78 Å². The Morgan fingerprint density at radius 2 is 1.84 bits per heavy atom. The highest BCUT2D eigenvalue weighted by Crippen LogP contribution is 2.32. The van der Waals surface area contributed by atoms with Crippen LogP contribution in [0.15, 0.2) is 36.4 Å². The molecule has 134 valence electrons. The summed E-state index contributed by atoms with van der Waals surface area (Å²) in [5.41, 5.74) is -1.07. The lowest BCUT2D eigenvalue weighted by Gasteiger charge is -2.13. The Morgan fingerprint density at radius 3 is 2.44 bits per heavy atom. The fraction of sp³-hybridized carbons (Fsp3) is 0.235. The lowest BCUT2D eigenvalue weighted by atomic mass is 10.1. The molecule has 0 bridgehead atoms. The molecule has 8 heteroatoms. The molecule has 0 atom stereocenters. The molecule has 0 aliphatic carbocycles. The Bertz CT molecular complexity index is 774. The van der Waals surface area contributed by atoms with E-state index in [0.29, 0.717) is 11.6 Å². The Labute approximate surface area is 140 Å². The normalized spacial score (nSPS) is 11.3. The third-order valence-electron chi connectivity index (χ3n) is 3.43. The maximum Gasteiger partial charge on any atom is 0.416 e. The second-order valence-corrected chi connectivity index (χ2v) is 5.22. The largest absolute Gasteiger partial charge is 0.494 e. The quantitative estimate of drug-likeness (QED) is 0.824. The van der Waals surface area contributed by atoms with Crippen LogP contribution in [-0.4, -0.2) is 13.0 Å². The topological polar surface area (TPSA) is 38.3 Å². The zero-order valence-electron chi connectivity index (χ0n) is 13.1. The number of carbonyl (C=O) groups is 1. The molecule has 25 heavy (non-hydrogen) atoms. The van der Waals surface area contributed by atoms with Gasteiger partial charge in [0, 0.05) is 6.54 Å². The van der Waals surface area contributed by atoms with E-state index < -0.39 is 35.8 Å². The number of hydrogen-bond donors (Lipinski definition) is 1. The lowest BCUT2D eigenvalue weighted by Crippen LogP contribution is -2.26. The Hall–Kier alpha value is -2.64. The average molecular weight is 359 g/mol. The first-order chi connectivity index (χ1) is 11.7. The summed E-state index contributed by atoms with van der Waals surface area (Å²) in [5.74, 6) is -2.24. The highest BCUT2D eigenvalue weighted by atomic mass is 19.4. The molecule has 0 spiro atoms. The van der Waals surface area contributed by atoms with Gasteiger partial charge in [0.15, 0.2) is 11.6 Å². The SMILES string of the molecule is COc1ccc(CC(=O)NCc2ccc(F)cc2C(F)(F)F)cc1F. The van der Waals surface area contributed by atoms with Crippen molar-refractivity contribution >= 4 is 5.91 Å². The first-order valence-corrected chi connectivity index (χ1v) is 7.15. The number of methoxy groups -OCH3 is 1. The standard InChI is InChI=1S/C17H14F5NO2/c1-25-15-5-2-10(6-14(15)19)7-16(24)23-9-11-3-4-12(18)8-13(11)17(20,21)22/h2-6,8H,7,9H2,1H3,(H,23,24). The van der Waals surface area contributed by atoms with E-state index in [9.17, 15) is 26.7 Å². The number of amides is 1. The zero-order valence-corrected chi connectivity index (χ0v) is 13.1. The van der Waals surface area contributed by atoms with Gasteiger partial charge in [0.25, 0.3) is 0 Å². The number of alkyl halides is 3. The van der Waals surface area contributed by atoms with Crippen molar-refractivity contribution in [3.05, 3.63) is 64.7 Å². The fourth-order valence-electron chi connectivity index (χ4n) is 2.23. The van der Waals surface area contributed by atoms with Crippen LogP contribution in [0.5, 0.6) is 5.75 Å². The van der Waals surface area contributed by atoms with Crippen LogP contribution >= 0.6 is 0 Å². The van der Waals surface area contributed by atoms with E-state index in [4.69, 9.17) is 4.74 Å². The van der Waals surface area contributed by atoms with E-state index in [1.807, 2.05) is 0 Å². The lowest BCUT2D eigenvalue weighted by molar-refractivity contribution is -0.138. The van der Waals surface area contributed by atoms with E-state index in [0.717, 1.165) is 18.2 Å². The van der Waals surface area contributed by atoms with Crippen LogP contribution in [0.3, 0.4) is 0 Å². The van der Waals surface area contributed by atoms with Gasteiger partial charge in [-0.3, -0.25) is 4.79 Å². The van der Waals surface area contributed by atoms with Crippen molar-refractivity contribution in [1.29, 1.82) is 0 Å². The van der Waals surface area contributed by atoms with Crippen LogP contribution in [0.4, 0.5) is 22.0 Å². The first kappa shape index (κ1) is 18.7. The van der Waals surface area contributed by atoms with Gasteiger partial charge in [0.2, 0.25) is 5.91 Å². The molecule has 0 saturated carbocycles. The number of rotatable bonds is 5. The number of halogens is 5. The monoisotopic (exact) mass is 359 g/mol. The molecule has 3 nitrogen and oxygen atoms in total. The molecule has 0 heterocycles. The predicted octanol–water partition coefficient (Wildman–Crippen LogP) is 3.85. The molecule has 0 aliphatic rings. The highest BCUT2D eigenvalue weighted by molar-refractivity contribution is 5.78. The van der Waals surface area contributed by atoms with Gasteiger partial charge in [0.05, 0.1) is 19.1 Å². The molecule has 1 N–H and O–H groups in total. The van der Waals surface area contributed by atoms with Gasteiger partial charge < -0.3 is 10.1 Å². The molecule has 1 amide bonds. The van der Waals surface area contributed by atoms with Gasteiger partial charge >= 0.3 is 6.18 Å². The van der Waals surface area contributed by atoms with Crippen LogP contribution in [0.25, 0.3) is 0 Å². The molecule has 2 aromatic rings. The number of carbonyl (C=O) groups excluding carboxylic acids is 1. The molecule has 0 aliphatic heterocycles. The Morgan fingerprint density at radius 1 is 1.12 bits per heavy atom. The van der Waals surface area contributed by atoms with E-state index in [1.54, 1.807) is 0 Å². The zero-order chi connectivity index (χ0) is 18.6. The third kappa shape index (κ3) is 4.91. The molecule has 2 rings (SSSR count). The summed E-state index contributed by atoms with van der Waals surface area (Å²) in [6.07, 6.45) is -4.95. The summed E-state index contributed by atoms with van der Waals surface area (Å²) in [7, 11) is 1.30. The number of benzene rings is 2. The minimum atomic E-state index is -4.73. The second kappa shape index (κ2) is 7.50. The van der Waals surface area contributed by atoms with Gasteiger partial charge in [-0.2, -0.15) is 13.2 Å². The predicted molar refractivity (Wildman–Crippen MR) is 79.9 cm³/mol. The minimum absolute atomic E-state index is 0.0188. The summed E-state index contributed by atoms with van der Waals surface area (Å²) in [6.45, 7) is -0.424. The highest BCUT2D eigenvalue weighted by Gasteiger charge is 2.33. The van der Waals surface area contributed by atoms with Crippen molar-refractivity contribution in [2.75, 3.05) is 7.11 Å². The van der Waals surface area contributed by atoms with Crippen LogP contribution < -0.4 is 10.1 Å². The molecule has 0 fully saturated rings. The molecular weight excluding hydrogens is 345 g/mol. The smallest absolute Gasteiger partial charge is 0.416 e. The molecule has 0 radical (unpaired) electrons. The van der Waals surface area contributed by atoms with E-state index in [1.165, 1.54) is 19.2 Å². The second-order valence-electron chi connectivity index (χ2n) is 5.22. The maximum absolute atomic E-state index is 13.6. The van der Waals surface area contributed by atoms with Gasteiger partial charge in [-0.1, -0.05) is 12.1 Å². The number of ether oxygens (including phenoxy) is 1. The van der Waals surface area contributed by atoms with Gasteiger partial charge in [-0.15, -0.1) is 0 Å². The van der Waals surface area contributed by atoms with Gasteiger partial charge in [0.1, 0.15) is 5.82 Å². The van der Waals surface area contributed by atoms with Crippen molar-refractivity contribution in [3.63, 3.8) is 0 Å². The minimum Gasteiger partial charge on any atom is -0.494 e. The van der Waals surface area contributed by atoms with Gasteiger partial charge in [-0.05, 0) is 35.4 Å². The van der Waals surface area contributed by atoms with Crippen molar-refractivity contribution in [2.45, 2.75) is 19.1 Å². The van der Waals surface area contributed by atoms with Crippen molar-refractivity contribution in [3.8, 4) is 5.75 Å². The molecule has 0 unspecified atom stereocenters. The van der Waals surface area contributed by atoms with Crippen LogP contribution in [0.1, 0.15) is 16.7 Å². The number of nitrogens with one attached hydrogen (secondary N) is 1. The van der Waals surface area contributed by atoms with Crippen LogP contribution in [-0.2, 0) is 23.9 Å². The van der Waals surface area contributed by atoms with Crippen molar-refractivity contribution < 1.29 is 31.5 Å². The molecule has 0 aromatic heterocycles. The average Bonchev–Trinajstić information content (AvgIpc) is 2.53. The van der Waals surface area contributed by atoms with Crippen LogP contribution in [0, 0.1) is 11.6 Å². The molecule has 0 saturated heterocycles. The summed E-state index contributed by atoms with van der Waals surface area (Å²) < 4.78 is 70.0. The number of hydrogen-bond acceptors (Lipinski definition) is 2. The van der Waals surface area contributed by atoms with Crippen LogP contribution in [0.2, 0.25) is 0 Å². The summed E-state index contributed by atoms with van der Waals surface area (Å²) in [6, 6.07) is 6.15. The summed E-state index contributed by atoms with van der Waals surface area (Å²) in [4.78, 5) is 11.9. The molecule has 2 aromatic carbocycles. The third-order valence-corrected chi connectivity index (χ3v) is 3.43. The van der Waals surface area contributed by atoms with Crippen molar-refractivity contribution in [1.82, 2.24) is 5.32 Å². The fourth-order valence-corrected chi connectivity index (χ4v) is 2.23. The van der Waals surface area contributed by atoms with E-state index in [2.05, 4.69) is 5.32 Å². The van der Waals surface area contributed by atoms with Crippen molar-refractivity contribution in [2.24, 2.45) is 0 Å². The Kier molecular flexibility index (Phi) is 5.61. The van der Waals surface area contributed by atoms with E-state index in [-0.39, 0.29) is 17.7 Å². The maximum atomic E-state index is 13.6. The first-order valence-electron chi connectivity index (χ1n) is 7.15. The van der Waals surface area contributed by atoms with E-state index >= 15 is 0 Å². The molecular formula is C17H14F5NO2. The Balaban J connectivity index is 2.04. The summed E-state index contributed by atoms with van der Waals surface area (Å²) in [5, 5.41) is 2.31. The summed E-state index contributed by atoms with van der Waals surface area (Å²) >= 11 is 0.